The molecule has 37 heavy (non-hydrogen) atoms. The quantitative estimate of drug-likeness (QED) is 0.470. The monoisotopic (exact) mass is 531 g/mol. The van der Waals surface area contributed by atoms with Gasteiger partial charge in [-0.3, -0.25) is 9.69 Å². The zero-order chi connectivity index (χ0) is 26.6. The first-order valence-electron chi connectivity index (χ1n) is 14.0. The number of aliphatic hydroxyl groups is 1. The summed E-state index contributed by atoms with van der Waals surface area (Å²) in [5.74, 6) is 2.16. The number of nitrogens with one attached hydrogen (secondary N) is 2. The number of β-amino-alcohol motifs (C(OH)–C–C–N with tert-alkyl or cyclic N) is 1. The number of rotatable bonds is 8. The molecule has 1 aliphatic carbocycles. The van der Waals surface area contributed by atoms with E-state index in [-0.39, 0.29) is 28.8 Å². The van der Waals surface area contributed by atoms with Gasteiger partial charge >= 0.3 is 6.09 Å². The van der Waals surface area contributed by atoms with Gasteiger partial charge in [-0.25, -0.2) is 4.79 Å². The Morgan fingerprint density at radius 1 is 1.16 bits per heavy atom. The predicted molar refractivity (Wildman–Crippen MR) is 149 cm³/mol. The highest BCUT2D eigenvalue weighted by Gasteiger charge is 2.42. The van der Waals surface area contributed by atoms with E-state index in [9.17, 15) is 14.7 Å². The van der Waals surface area contributed by atoms with Crippen molar-refractivity contribution in [3.63, 3.8) is 0 Å². The van der Waals surface area contributed by atoms with Crippen molar-refractivity contribution in [2.24, 2.45) is 11.8 Å². The Bertz CT molecular complexity index is 908. The molecule has 0 bridgehead atoms. The summed E-state index contributed by atoms with van der Waals surface area (Å²) in [6.07, 6.45) is 4.32. The lowest BCUT2D eigenvalue weighted by Gasteiger charge is -2.43. The Labute approximate surface area is 226 Å². The summed E-state index contributed by atoms with van der Waals surface area (Å²) >= 11 is 1.81. The number of hydrogen-bond donors (Lipinski definition) is 3. The van der Waals surface area contributed by atoms with Crippen LogP contribution in [0.4, 0.5) is 4.79 Å². The van der Waals surface area contributed by atoms with Gasteiger partial charge in [-0.1, -0.05) is 43.2 Å². The lowest BCUT2D eigenvalue weighted by atomic mass is 9.83. The van der Waals surface area contributed by atoms with Crippen LogP contribution < -0.4 is 10.6 Å². The van der Waals surface area contributed by atoms with Crippen LogP contribution in [-0.4, -0.2) is 75.9 Å². The summed E-state index contributed by atoms with van der Waals surface area (Å²) < 4.78 is 5.74. The number of aliphatic hydroxyl groups excluding tert-OH is 1. The molecule has 2 heterocycles. The Balaban J connectivity index is 1.47. The number of piperidine rings is 1. The number of amides is 2. The maximum atomic E-state index is 13.3. The van der Waals surface area contributed by atoms with Crippen LogP contribution in [-0.2, 0) is 16.0 Å². The van der Waals surface area contributed by atoms with E-state index < -0.39 is 18.2 Å². The van der Waals surface area contributed by atoms with Gasteiger partial charge in [-0.2, -0.15) is 11.8 Å². The molecule has 4 rings (SSSR count). The van der Waals surface area contributed by atoms with E-state index in [1.165, 1.54) is 19.3 Å². The van der Waals surface area contributed by atoms with Gasteiger partial charge in [-0.15, -0.1) is 0 Å². The number of ether oxygens (including phenoxy) is 1. The standard InChI is InChI=1S/C29H45N3O4S/c1-19-26(13-14-37-19)36-28(35)30-23(15-20-9-6-5-7-10-20)25(33)18-32-17-22-12-8-11-21(22)16-24(32)27(34)31-29(2,3)4/h5-7,9-10,19,21-26,33H,8,11-18H2,1-4H3,(H,30,35)(H,31,34)/t19-,21-,22+,23-,24-,25+,26-/m0/s1. The Morgan fingerprint density at radius 2 is 1.89 bits per heavy atom. The molecule has 0 aromatic heterocycles. The second kappa shape index (κ2) is 12.4. The molecule has 3 fully saturated rings. The van der Waals surface area contributed by atoms with Gasteiger partial charge in [0.1, 0.15) is 6.10 Å². The molecule has 7 atom stereocenters. The zero-order valence-corrected chi connectivity index (χ0v) is 23.6. The Kier molecular flexibility index (Phi) is 9.46. The number of nitrogens with zero attached hydrogens (tertiary/aromatic N) is 1. The van der Waals surface area contributed by atoms with E-state index in [1.807, 2.05) is 62.9 Å². The molecule has 1 aromatic carbocycles. The highest BCUT2D eigenvalue weighted by molar-refractivity contribution is 8.00. The number of thioether (sulfide) groups is 1. The second-order valence-electron chi connectivity index (χ2n) is 12.2. The van der Waals surface area contributed by atoms with Crippen molar-refractivity contribution in [1.82, 2.24) is 15.5 Å². The topological polar surface area (TPSA) is 90.9 Å². The molecular formula is C29H45N3O4S. The van der Waals surface area contributed by atoms with Gasteiger partial charge in [0.15, 0.2) is 0 Å². The van der Waals surface area contributed by atoms with Crippen molar-refractivity contribution in [2.45, 2.75) is 101 Å². The molecule has 2 saturated heterocycles. The van der Waals surface area contributed by atoms with Crippen molar-refractivity contribution in [3.05, 3.63) is 35.9 Å². The molecule has 3 N–H and O–H groups in total. The largest absolute Gasteiger partial charge is 0.445 e. The first-order chi connectivity index (χ1) is 17.6. The predicted octanol–water partition coefficient (Wildman–Crippen LogP) is 3.98. The minimum absolute atomic E-state index is 0.0322. The maximum absolute atomic E-state index is 13.3. The van der Waals surface area contributed by atoms with Gasteiger partial charge < -0.3 is 20.5 Å². The van der Waals surface area contributed by atoms with Crippen LogP contribution in [0, 0.1) is 11.8 Å². The fraction of sp³-hybridized carbons (Fsp3) is 0.724. The zero-order valence-electron chi connectivity index (χ0n) is 22.8. The second-order valence-corrected chi connectivity index (χ2v) is 13.7. The number of alkyl carbamates (subject to hydrolysis) is 1. The molecule has 7 nitrogen and oxygen atoms in total. The summed E-state index contributed by atoms with van der Waals surface area (Å²) in [4.78, 5) is 28.4. The van der Waals surface area contributed by atoms with Crippen molar-refractivity contribution >= 4 is 23.8 Å². The molecule has 8 heteroatoms. The van der Waals surface area contributed by atoms with Gasteiger partial charge in [0.2, 0.25) is 5.91 Å². The minimum atomic E-state index is -0.842. The minimum Gasteiger partial charge on any atom is -0.445 e. The fourth-order valence-electron chi connectivity index (χ4n) is 6.16. The van der Waals surface area contributed by atoms with Crippen molar-refractivity contribution in [2.75, 3.05) is 18.8 Å². The molecule has 0 spiro atoms. The van der Waals surface area contributed by atoms with E-state index in [0.717, 1.165) is 30.7 Å². The summed E-state index contributed by atoms with van der Waals surface area (Å²) in [6, 6.07) is 9.11. The number of benzene rings is 1. The average molecular weight is 532 g/mol. The number of likely N-dealkylation sites (tertiary alicyclic amines) is 1. The number of hydrogen-bond acceptors (Lipinski definition) is 6. The third kappa shape index (κ3) is 7.87. The molecule has 3 aliphatic rings. The molecule has 1 saturated carbocycles. The highest BCUT2D eigenvalue weighted by Crippen LogP contribution is 2.40. The van der Waals surface area contributed by atoms with E-state index >= 15 is 0 Å². The molecule has 0 radical (unpaired) electrons. The van der Waals surface area contributed by atoms with Crippen molar-refractivity contribution in [1.29, 1.82) is 0 Å². The van der Waals surface area contributed by atoms with Gasteiger partial charge in [-0.05, 0) is 76.5 Å². The lowest BCUT2D eigenvalue weighted by molar-refractivity contribution is -0.131. The lowest BCUT2D eigenvalue weighted by Crippen LogP contribution is -2.59. The molecular weight excluding hydrogens is 486 g/mol. The van der Waals surface area contributed by atoms with E-state index in [0.29, 0.717) is 24.8 Å². The third-order valence-corrected chi connectivity index (χ3v) is 9.41. The Morgan fingerprint density at radius 3 is 2.57 bits per heavy atom. The van der Waals surface area contributed by atoms with Crippen LogP contribution in [0.25, 0.3) is 0 Å². The molecule has 2 aliphatic heterocycles. The fourth-order valence-corrected chi connectivity index (χ4v) is 7.31. The van der Waals surface area contributed by atoms with Gasteiger partial charge in [0, 0.05) is 23.9 Å². The number of fused-ring (bicyclic) bond motifs is 1. The number of carbonyl (C=O) groups excluding carboxylic acids is 2. The summed E-state index contributed by atoms with van der Waals surface area (Å²) in [6.45, 7) is 9.23. The summed E-state index contributed by atoms with van der Waals surface area (Å²) in [7, 11) is 0. The van der Waals surface area contributed by atoms with E-state index in [4.69, 9.17) is 4.74 Å². The molecule has 2 amide bonds. The molecule has 206 valence electrons. The van der Waals surface area contributed by atoms with Gasteiger partial charge in [0.25, 0.3) is 0 Å². The third-order valence-electron chi connectivity index (χ3n) is 8.11. The molecule has 1 aromatic rings. The van der Waals surface area contributed by atoms with Crippen LogP contribution in [0.2, 0.25) is 0 Å². The van der Waals surface area contributed by atoms with E-state index in [2.05, 4.69) is 22.5 Å². The Hall–Kier alpha value is -1.77. The maximum Gasteiger partial charge on any atom is 0.407 e. The first-order valence-corrected chi connectivity index (χ1v) is 15.0. The van der Waals surface area contributed by atoms with Gasteiger partial charge in [0.05, 0.1) is 18.2 Å². The van der Waals surface area contributed by atoms with Crippen LogP contribution >= 0.6 is 11.8 Å². The first kappa shape index (κ1) is 28.2. The van der Waals surface area contributed by atoms with Crippen LogP contribution in [0.5, 0.6) is 0 Å². The van der Waals surface area contributed by atoms with E-state index in [1.54, 1.807) is 0 Å². The highest BCUT2D eigenvalue weighted by atomic mass is 32.2. The summed E-state index contributed by atoms with van der Waals surface area (Å²) in [5, 5.41) is 17.9. The smallest absolute Gasteiger partial charge is 0.407 e. The van der Waals surface area contributed by atoms with Crippen molar-refractivity contribution in [3.8, 4) is 0 Å². The van der Waals surface area contributed by atoms with Crippen LogP contribution in [0.3, 0.4) is 0 Å². The molecule has 0 unspecified atom stereocenters. The number of carbonyl (C=O) groups is 2. The SMILES string of the molecule is C[C@@H]1SCC[C@@H]1OC(=O)N[C@@H](Cc1ccccc1)[C@H](O)CN1C[C@H]2CCC[C@H]2C[C@H]1C(=O)NC(C)(C)C. The van der Waals surface area contributed by atoms with Crippen molar-refractivity contribution < 1.29 is 19.4 Å². The normalized spacial score (nSPS) is 29.8. The average Bonchev–Trinajstić information content (AvgIpc) is 3.45. The summed E-state index contributed by atoms with van der Waals surface area (Å²) in [5.41, 5.74) is 0.721. The van der Waals surface area contributed by atoms with Crippen LogP contribution in [0.1, 0.15) is 65.4 Å². The van der Waals surface area contributed by atoms with Crippen LogP contribution in [0.15, 0.2) is 30.3 Å².